The van der Waals surface area contributed by atoms with Gasteiger partial charge in [-0.3, -0.25) is 0 Å². The minimum Gasteiger partial charge on any atom is -0.492 e. The van der Waals surface area contributed by atoms with Gasteiger partial charge in [-0.2, -0.15) is 0 Å². The van der Waals surface area contributed by atoms with Crippen LogP contribution in [-0.4, -0.2) is 60.6 Å². The molecule has 1 saturated carbocycles. The third-order valence-corrected chi connectivity index (χ3v) is 5.28. The van der Waals surface area contributed by atoms with Crippen LogP contribution in [0, 0.1) is 5.92 Å². The highest BCUT2D eigenvalue weighted by atomic mass is 16.6. The molecule has 1 amide bonds. The van der Waals surface area contributed by atoms with Crippen LogP contribution in [-0.2, 0) is 20.7 Å². The third-order valence-electron chi connectivity index (χ3n) is 5.28. The van der Waals surface area contributed by atoms with Crippen molar-refractivity contribution in [2.24, 2.45) is 5.92 Å². The maximum atomic E-state index is 12.6. The summed E-state index contributed by atoms with van der Waals surface area (Å²) >= 11 is 0. The highest BCUT2D eigenvalue weighted by molar-refractivity contribution is 5.72. The molecule has 0 aromatic heterocycles. The van der Waals surface area contributed by atoms with Crippen LogP contribution in [0.5, 0.6) is 5.75 Å². The van der Waals surface area contributed by atoms with Crippen LogP contribution < -0.4 is 4.74 Å². The predicted molar refractivity (Wildman–Crippen MR) is 118 cm³/mol. The highest BCUT2D eigenvalue weighted by Gasteiger charge is 2.23. The molecular formula is C24H37NO6. The van der Waals surface area contributed by atoms with Gasteiger partial charge in [0.1, 0.15) is 18.5 Å². The van der Waals surface area contributed by atoms with Gasteiger partial charge in [0.15, 0.2) is 6.10 Å². The Morgan fingerprint density at radius 3 is 2.39 bits per heavy atom. The Kier molecular flexibility index (Phi) is 10.6. The molecular weight excluding hydrogens is 398 g/mol. The normalized spacial score (nSPS) is 15.5. The van der Waals surface area contributed by atoms with E-state index in [1.807, 2.05) is 24.3 Å². The molecule has 7 nitrogen and oxygen atoms in total. The van der Waals surface area contributed by atoms with Crippen LogP contribution in [0.25, 0.3) is 0 Å². The number of carbonyl (C=O) groups excluding carboxylic acids is 1. The molecule has 1 aromatic rings. The molecule has 1 aromatic carbocycles. The molecule has 1 aliphatic rings. The number of amides is 1. The fourth-order valence-corrected chi connectivity index (χ4v) is 3.73. The number of carboxylic acids is 1. The van der Waals surface area contributed by atoms with Crippen LogP contribution >= 0.6 is 0 Å². The van der Waals surface area contributed by atoms with Crippen LogP contribution in [0.1, 0.15) is 58.4 Å². The monoisotopic (exact) mass is 435 g/mol. The summed E-state index contributed by atoms with van der Waals surface area (Å²) in [5.41, 5.74) is 0.866. The van der Waals surface area contributed by atoms with Crippen molar-refractivity contribution in [1.29, 1.82) is 0 Å². The van der Waals surface area contributed by atoms with E-state index in [2.05, 4.69) is 13.8 Å². The average molecular weight is 436 g/mol. The topological polar surface area (TPSA) is 85.3 Å². The SMILES string of the molecule is CCOC(Cc1ccc(OCCN(CC(C)C)C(=O)OC2CCCCC2)cc1)C(=O)O. The van der Waals surface area contributed by atoms with E-state index < -0.39 is 12.1 Å². The zero-order chi connectivity index (χ0) is 22.6. The Labute approximate surface area is 185 Å². The second-order valence-corrected chi connectivity index (χ2v) is 8.46. The summed E-state index contributed by atoms with van der Waals surface area (Å²) < 4.78 is 16.8. The highest BCUT2D eigenvalue weighted by Crippen LogP contribution is 2.21. The molecule has 0 spiro atoms. The van der Waals surface area contributed by atoms with Gasteiger partial charge < -0.3 is 24.2 Å². The van der Waals surface area contributed by atoms with Gasteiger partial charge in [0.25, 0.3) is 0 Å². The Morgan fingerprint density at radius 1 is 1.13 bits per heavy atom. The number of aliphatic carboxylic acids is 1. The number of rotatable bonds is 12. The number of hydrogen-bond donors (Lipinski definition) is 1. The molecule has 2 rings (SSSR count). The summed E-state index contributed by atoms with van der Waals surface area (Å²) in [7, 11) is 0. The van der Waals surface area contributed by atoms with E-state index in [-0.39, 0.29) is 12.2 Å². The summed E-state index contributed by atoms with van der Waals surface area (Å²) in [4.78, 5) is 25.6. The van der Waals surface area contributed by atoms with Crippen molar-refractivity contribution in [3.05, 3.63) is 29.8 Å². The quantitative estimate of drug-likeness (QED) is 0.519. The van der Waals surface area contributed by atoms with Crippen molar-refractivity contribution in [2.75, 3.05) is 26.3 Å². The van der Waals surface area contributed by atoms with E-state index in [1.165, 1.54) is 6.42 Å². The van der Waals surface area contributed by atoms with Gasteiger partial charge in [0.2, 0.25) is 0 Å². The fourth-order valence-electron chi connectivity index (χ4n) is 3.73. The number of ether oxygens (including phenoxy) is 3. The maximum absolute atomic E-state index is 12.6. The van der Waals surface area contributed by atoms with Crippen molar-refractivity contribution in [2.45, 2.75) is 71.5 Å². The minimum atomic E-state index is -0.965. The number of carboxylic acid groups (broad SMARTS) is 1. The summed E-state index contributed by atoms with van der Waals surface area (Å²) in [6, 6.07) is 7.31. The second kappa shape index (κ2) is 13.2. The van der Waals surface area contributed by atoms with E-state index in [0.717, 1.165) is 31.2 Å². The zero-order valence-electron chi connectivity index (χ0n) is 19.0. The van der Waals surface area contributed by atoms with Crippen LogP contribution in [0.15, 0.2) is 24.3 Å². The molecule has 1 unspecified atom stereocenters. The zero-order valence-corrected chi connectivity index (χ0v) is 19.0. The van der Waals surface area contributed by atoms with Gasteiger partial charge in [-0.1, -0.05) is 32.4 Å². The lowest BCUT2D eigenvalue weighted by Gasteiger charge is -2.28. The molecule has 0 bridgehead atoms. The largest absolute Gasteiger partial charge is 0.492 e. The van der Waals surface area contributed by atoms with Gasteiger partial charge in [0, 0.05) is 19.6 Å². The molecule has 31 heavy (non-hydrogen) atoms. The smallest absolute Gasteiger partial charge is 0.410 e. The number of nitrogens with zero attached hydrogens (tertiary/aromatic N) is 1. The Bertz CT molecular complexity index is 669. The number of benzene rings is 1. The van der Waals surface area contributed by atoms with Crippen molar-refractivity contribution in [3.8, 4) is 5.75 Å². The van der Waals surface area contributed by atoms with E-state index in [0.29, 0.717) is 44.4 Å². The lowest BCUT2D eigenvalue weighted by Crippen LogP contribution is -2.39. The summed E-state index contributed by atoms with van der Waals surface area (Å²) in [6.45, 7) is 7.73. The van der Waals surface area contributed by atoms with Gasteiger partial charge in [-0.15, -0.1) is 0 Å². The van der Waals surface area contributed by atoms with Crippen molar-refractivity contribution < 1.29 is 28.9 Å². The first-order valence-electron chi connectivity index (χ1n) is 11.4. The first-order valence-corrected chi connectivity index (χ1v) is 11.4. The fraction of sp³-hybridized carbons (Fsp3) is 0.667. The molecule has 0 aliphatic heterocycles. The van der Waals surface area contributed by atoms with Crippen molar-refractivity contribution in [1.82, 2.24) is 4.90 Å². The van der Waals surface area contributed by atoms with Crippen molar-refractivity contribution in [3.63, 3.8) is 0 Å². The second-order valence-electron chi connectivity index (χ2n) is 8.46. The van der Waals surface area contributed by atoms with Crippen LogP contribution in [0.2, 0.25) is 0 Å². The maximum Gasteiger partial charge on any atom is 0.410 e. The summed E-state index contributed by atoms with van der Waals surface area (Å²) in [5.74, 6) is 0.0513. The Hall–Kier alpha value is -2.28. The molecule has 174 valence electrons. The van der Waals surface area contributed by atoms with Crippen LogP contribution in [0.4, 0.5) is 4.79 Å². The van der Waals surface area contributed by atoms with E-state index in [9.17, 15) is 14.7 Å². The van der Waals surface area contributed by atoms with E-state index in [1.54, 1.807) is 11.8 Å². The first-order chi connectivity index (χ1) is 14.9. The molecule has 1 aliphatic carbocycles. The molecule has 1 atom stereocenters. The van der Waals surface area contributed by atoms with Gasteiger partial charge >= 0.3 is 12.1 Å². The summed E-state index contributed by atoms with van der Waals surface area (Å²) in [5, 5.41) is 9.21. The standard InChI is InChI=1S/C24H37NO6/c1-4-29-22(23(26)27)16-19-10-12-20(13-11-19)30-15-14-25(17-18(2)3)24(28)31-21-8-6-5-7-9-21/h10-13,18,21-22H,4-9,14-17H2,1-3H3,(H,26,27). The first kappa shape index (κ1) is 25.0. The van der Waals surface area contributed by atoms with E-state index in [4.69, 9.17) is 14.2 Å². The molecule has 1 N–H and O–H groups in total. The van der Waals surface area contributed by atoms with Crippen molar-refractivity contribution >= 4 is 12.1 Å². The summed E-state index contributed by atoms with van der Waals surface area (Å²) in [6.07, 6.45) is 4.62. The number of hydrogen-bond acceptors (Lipinski definition) is 5. The minimum absolute atomic E-state index is 0.0377. The van der Waals surface area contributed by atoms with E-state index >= 15 is 0 Å². The Morgan fingerprint density at radius 2 is 1.81 bits per heavy atom. The predicted octanol–water partition coefficient (Wildman–Crippen LogP) is 4.52. The Balaban J connectivity index is 1.83. The lowest BCUT2D eigenvalue weighted by molar-refractivity contribution is -0.149. The lowest BCUT2D eigenvalue weighted by atomic mass is 9.98. The van der Waals surface area contributed by atoms with Gasteiger partial charge in [0.05, 0.1) is 6.54 Å². The van der Waals surface area contributed by atoms with Gasteiger partial charge in [-0.05, 0) is 56.2 Å². The molecule has 0 saturated heterocycles. The average Bonchev–Trinajstić information content (AvgIpc) is 2.74. The molecule has 7 heteroatoms. The third kappa shape index (κ3) is 9.17. The molecule has 0 radical (unpaired) electrons. The van der Waals surface area contributed by atoms with Gasteiger partial charge in [-0.25, -0.2) is 9.59 Å². The van der Waals surface area contributed by atoms with Crippen LogP contribution in [0.3, 0.4) is 0 Å². The number of carbonyl (C=O) groups is 2. The molecule has 1 fully saturated rings. The molecule has 0 heterocycles.